The largest absolute Gasteiger partial charge is 0.497 e. The quantitative estimate of drug-likeness (QED) is 0.717. The van der Waals surface area contributed by atoms with Gasteiger partial charge in [-0.25, -0.2) is 4.79 Å². The zero-order valence-corrected chi connectivity index (χ0v) is 12.0. The first-order valence-corrected chi connectivity index (χ1v) is 6.55. The van der Waals surface area contributed by atoms with Crippen molar-refractivity contribution in [2.24, 2.45) is 0 Å². The lowest BCUT2D eigenvalue weighted by atomic mass is 10.2. The first kappa shape index (κ1) is 16.6. The van der Waals surface area contributed by atoms with Gasteiger partial charge in [0, 0.05) is 19.6 Å². The standard InChI is InChI=1S/C15H20N2O4/c1-3-10-17(15(20)16-9-8-14(18)19)11-12-4-6-13(21-2)7-5-12/h3-7H,1,8-11H2,2H3,(H,16,20)(H,18,19). The van der Waals surface area contributed by atoms with Gasteiger partial charge in [-0.2, -0.15) is 0 Å². The first-order valence-electron chi connectivity index (χ1n) is 6.55. The third-order valence-corrected chi connectivity index (χ3v) is 2.78. The zero-order chi connectivity index (χ0) is 15.7. The molecule has 0 unspecified atom stereocenters. The molecule has 1 rings (SSSR count). The molecule has 0 fully saturated rings. The highest BCUT2D eigenvalue weighted by atomic mass is 16.5. The van der Waals surface area contributed by atoms with Crippen molar-refractivity contribution in [1.29, 1.82) is 0 Å². The minimum Gasteiger partial charge on any atom is -0.497 e. The summed E-state index contributed by atoms with van der Waals surface area (Å²) < 4.78 is 5.08. The van der Waals surface area contributed by atoms with Crippen LogP contribution in [0.2, 0.25) is 0 Å². The number of nitrogens with one attached hydrogen (secondary N) is 1. The summed E-state index contributed by atoms with van der Waals surface area (Å²) in [4.78, 5) is 24.0. The number of amides is 2. The van der Waals surface area contributed by atoms with Crippen molar-refractivity contribution in [3.63, 3.8) is 0 Å². The molecule has 1 aromatic rings. The average Bonchev–Trinajstić information content (AvgIpc) is 2.47. The van der Waals surface area contributed by atoms with Gasteiger partial charge in [0.25, 0.3) is 0 Å². The van der Waals surface area contributed by atoms with E-state index in [1.54, 1.807) is 18.1 Å². The molecule has 1 aromatic carbocycles. The van der Waals surface area contributed by atoms with Crippen molar-refractivity contribution >= 4 is 12.0 Å². The third kappa shape index (κ3) is 5.99. The summed E-state index contributed by atoms with van der Waals surface area (Å²) in [7, 11) is 1.59. The summed E-state index contributed by atoms with van der Waals surface area (Å²) in [6, 6.07) is 7.08. The van der Waals surface area contributed by atoms with E-state index in [2.05, 4.69) is 11.9 Å². The molecule has 21 heavy (non-hydrogen) atoms. The van der Waals surface area contributed by atoms with Crippen LogP contribution in [-0.4, -0.2) is 42.2 Å². The number of carbonyl (C=O) groups excluding carboxylic acids is 1. The van der Waals surface area contributed by atoms with E-state index in [-0.39, 0.29) is 19.0 Å². The number of carboxylic acid groups (broad SMARTS) is 1. The van der Waals surface area contributed by atoms with Crippen LogP contribution in [0.1, 0.15) is 12.0 Å². The number of hydrogen-bond donors (Lipinski definition) is 2. The SMILES string of the molecule is C=CCN(Cc1ccc(OC)cc1)C(=O)NCCC(=O)O. The van der Waals surface area contributed by atoms with Gasteiger partial charge in [-0.15, -0.1) is 6.58 Å². The van der Waals surface area contributed by atoms with Crippen molar-refractivity contribution in [2.75, 3.05) is 20.2 Å². The number of benzene rings is 1. The monoisotopic (exact) mass is 292 g/mol. The molecule has 2 N–H and O–H groups in total. The maximum atomic E-state index is 12.0. The second kappa shape index (κ2) is 8.63. The molecular formula is C15H20N2O4. The molecule has 0 aliphatic heterocycles. The normalized spacial score (nSPS) is 9.76. The van der Waals surface area contributed by atoms with Gasteiger partial charge in [-0.3, -0.25) is 4.79 Å². The van der Waals surface area contributed by atoms with Crippen molar-refractivity contribution in [2.45, 2.75) is 13.0 Å². The number of carbonyl (C=O) groups is 2. The van der Waals surface area contributed by atoms with Crippen LogP contribution in [0.15, 0.2) is 36.9 Å². The molecular weight excluding hydrogens is 272 g/mol. The molecule has 6 heteroatoms. The number of nitrogens with zero attached hydrogens (tertiary/aromatic N) is 1. The maximum Gasteiger partial charge on any atom is 0.317 e. The summed E-state index contributed by atoms with van der Waals surface area (Å²) in [5.74, 6) is -0.194. The lowest BCUT2D eigenvalue weighted by Gasteiger charge is -2.21. The molecule has 114 valence electrons. The van der Waals surface area contributed by atoms with Crippen molar-refractivity contribution in [3.8, 4) is 5.75 Å². The van der Waals surface area contributed by atoms with Crippen LogP contribution >= 0.6 is 0 Å². The van der Waals surface area contributed by atoms with Crippen molar-refractivity contribution in [3.05, 3.63) is 42.5 Å². The minimum absolute atomic E-state index is 0.101. The number of rotatable bonds is 8. The van der Waals surface area contributed by atoms with E-state index in [1.165, 1.54) is 0 Å². The van der Waals surface area contributed by atoms with Crippen LogP contribution in [0, 0.1) is 0 Å². The second-order valence-corrected chi connectivity index (χ2v) is 4.39. The summed E-state index contributed by atoms with van der Waals surface area (Å²) >= 11 is 0. The van der Waals surface area contributed by atoms with E-state index in [1.807, 2.05) is 24.3 Å². The molecule has 2 amide bonds. The van der Waals surface area contributed by atoms with E-state index in [9.17, 15) is 9.59 Å². The molecule has 0 spiro atoms. The van der Waals surface area contributed by atoms with Crippen LogP contribution < -0.4 is 10.1 Å². The predicted molar refractivity (Wildman–Crippen MR) is 79.3 cm³/mol. The number of urea groups is 1. The van der Waals surface area contributed by atoms with Gasteiger partial charge in [-0.1, -0.05) is 18.2 Å². The number of carboxylic acids is 1. The Kier molecular flexibility index (Phi) is 6.80. The molecule has 0 saturated heterocycles. The van der Waals surface area contributed by atoms with E-state index >= 15 is 0 Å². The number of aliphatic carboxylic acids is 1. The summed E-state index contributed by atoms with van der Waals surface area (Å²) in [5.41, 5.74) is 0.950. The fourth-order valence-corrected chi connectivity index (χ4v) is 1.71. The number of hydrogen-bond acceptors (Lipinski definition) is 3. The Bertz CT molecular complexity index is 485. The van der Waals surface area contributed by atoms with Crippen molar-refractivity contribution in [1.82, 2.24) is 10.2 Å². The molecule has 0 aliphatic carbocycles. The van der Waals surface area contributed by atoms with E-state index in [4.69, 9.17) is 9.84 Å². The fourth-order valence-electron chi connectivity index (χ4n) is 1.71. The van der Waals surface area contributed by atoms with Crippen LogP contribution in [0.3, 0.4) is 0 Å². The second-order valence-electron chi connectivity index (χ2n) is 4.39. The van der Waals surface area contributed by atoms with Gasteiger partial charge in [0.2, 0.25) is 0 Å². The van der Waals surface area contributed by atoms with Gasteiger partial charge >= 0.3 is 12.0 Å². The van der Waals surface area contributed by atoms with Crippen LogP contribution in [0.4, 0.5) is 4.79 Å². The Balaban J connectivity index is 2.60. The molecule has 0 radical (unpaired) electrons. The van der Waals surface area contributed by atoms with Gasteiger partial charge in [0.05, 0.1) is 13.5 Å². The Morgan fingerprint density at radius 3 is 2.57 bits per heavy atom. The van der Waals surface area contributed by atoms with Gasteiger partial charge < -0.3 is 20.1 Å². The smallest absolute Gasteiger partial charge is 0.317 e. The number of methoxy groups -OCH3 is 1. The molecule has 0 aliphatic rings. The number of ether oxygens (including phenoxy) is 1. The molecule has 0 bridgehead atoms. The first-order chi connectivity index (χ1) is 10.1. The molecule has 6 nitrogen and oxygen atoms in total. The van der Waals surface area contributed by atoms with Crippen molar-refractivity contribution < 1.29 is 19.4 Å². The highest BCUT2D eigenvalue weighted by molar-refractivity contribution is 5.75. The Morgan fingerprint density at radius 1 is 1.38 bits per heavy atom. The third-order valence-electron chi connectivity index (χ3n) is 2.78. The predicted octanol–water partition coefficient (Wildman–Crippen LogP) is 1.87. The van der Waals surface area contributed by atoms with E-state index < -0.39 is 5.97 Å². The summed E-state index contributed by atoms with van der Waals surface area (Å²) in [6.45, 7) is 4.52. The van der Waals surface area contributed by atoms with Crippen LogP contribution in [0.25, 0.3) is 0 Å². The highest BCUT2D eigenvalue weighted by Gasteiger charge is 2.12. The fraction of sp³-hybridized carbons (Fsp3) is 0.333. The Hall–Kier alpha value is -2.50. The maximum absolute atomic E-state index is 12.0. The molecule has 0 saturated carbocycles. The van der Waals surface area contributed by atoms with Crippen LogP contribution in [0.5, 0.6) is 5.75 Å². The highest BCUT2D eigenvalue weighted by Crippen LogP contribution is 2.13. The average molecular weight is 292 g/mol. The topological polar surface area (TPSA) is 78.9 Å². The summed E-state index contributed by atoms with van der Waals surface area (Å²) in [6.07, 6.45) is 1.52. The van der Waals surface area contributed by atoms with Gasteiger partial charge in [0.1, 0.15) is 5.75 Å². The molecule has 0 heterocycles. The molecule has 0 atom stereocenters. The lowest BCUT2D eigenvalue weighted by Crippen LogP contribution is -2.40. The zero-order valence-electron chi connectivity index (χ0n) is 12.0. The van der Waals surface area contributed by atoms with Gasteiger partial charge in [0.15, 0.2) is 0 Å². The Labute approximate surface area is 124 Å². The van der Waals surface area contributed by atoms with Crippen LogP contribution in [-0.2, 0) is 11.3 Å². The Morgan fingerprint density at radius 2 is 2.05 bits per heavy atom. The minimum atomic E-state index is -0.944. The van der Waals surface area contributed by atoms with E-state index in [0.717, 1.165) is 11.3 Å². The lowest BCUT2D eigenvalue weighted by molar-refractivity contribution is -0.136. The molecule has 0 aromatic heterocycles. The van der Waals surface area contributed by atoms with Gasteiger partial charge in [-0.05, 0) is 17.7 Å². The van der Waals surface area contributed by atoms with E-state index in [0.29, 0.717) is 13.1 Å². The summed E-state index contributed by atoms with van der Waals surface area (Å²) in [5, 5.41) is 11.1.